The first-order valence-corrected chi connectivity index (χ1v) is 7.67. The number of nitrogens with zero attached hydrogens (tertiary/aromatic N) is 1. The minimum atomic E-state index is -3.73. The molecule has 0 fully saturated rings. The maximum absolute atomic E-state index is 11.1. The highest BCUT2D eigenvalue weighted by Crippen LogP contribution is 2.24. The van der Waals surface area contributed by atoms with Crippen LogP contribution in [0.3, 0.4) is 0 Å². The number of hydrogen-bond acceptors (Lipinski definition) is 4. The number of primary sulfonamides is 1. The molecule has 1 aromatic heterocycles. The summed E-state index contributed by atoms with van der Waals surface area (Å²) in [6, 6.07) is 10.5. The van der Waals surface area contributed by atoms with Gasteiger partial charge in [-0.2, -0.15) is 0 Å². The number of nitrogens with two attached hydrogens (primary N) is 1. The van der Waals surface area contributed by atoms with Gasteiger partial charge in [-0.15, -0.1) is 0 Å². The van der Waals surface area contributed by atoms with Crippen LogP contribution in [0.5, 0.6) is 11.6 Å². The van der Waals surface area contributed by atoms with Gasteiger partial charge in [0.2, 0.25) is 15.9 Å². The Kier molecular flexibility index (Phi) is 4.06. The van der Waals surface area contributed by atoms with Gasteiger partial charge in [0.05, 0.1) is 6.20 Å². The van der Waals surface area contributed by atoms with E-state index in [2.05, 4.69) is 18.8 Å². The second-order valence-electron chi connectivity index (χ2n) is 4.71. The average molecular weight is 292 g/mol. The van der Waals surface area contributed by atoms with Gasteiger partial charge in [-0.25, -0.2) is 18.5 Å². The van der Waals surface area contributed by atoms with Crippen LogP contribution in [0, 0.1) is 0 Å². The van der Waals surface area contributed by atoms with Crippen molar-refractivity contribution in [3.63, 3.8) is 0 Å². The highest BCUT2D eigenvalue weighted by Gasteiger charge is 2.09. The SMILES string of the molecule is CC(C)c1cccc(Oc2ccc(S(N)(=O)=O)cn2)c1. The molecule has 0 atom stereocenters. The molecule has 0 unspecified atom stereocenters. The Morgan fingerprint density at radius 1 is 1.20 bits per heavy atom. The Hall–Kier alpha value is -1.92. The van der Waals surface area contributed by atoms with E-state index in [1.807, 2.05) is 24.3 Å². The summed E-state index contributed by atoms with van der Waals surface area (Å²) >= 11 is 0. The number of aromatic nitrogens is 1. The maximum Gasteiger partial charge on any atom is 0.239 e. The Bertz CT molecular complexity index is 695. The van der Waals surface area contributed by atoms with Gasteiger partial charge in [-0.05, 0) is 29.7 Å². The molecule has 0 bridgehead atoms. The number of sulfonamides is 1. The van der Waals surface area contributed by atoms with Crippen LogP contribution in [-0.4, -0.2) is 13.4 Å². The molecule has 106 valence electrons. The summed E-state index contributed by atoms with van der Waals surface area (Å²) in [7, 11) is -3.73. The van der Waals surface area contributed by atoms with E-state index in [1.165, 1.54) is 18.3 Å². The molecule has 6 heteroatoms. The fourth-order valence-electron chi connectivity index (χ4n) is 1.65. The van der Waals surface area contributed by atoms with Crippen molar-refractivity contribution in [3.05, 3.63) is 48.2 Å². The summed E-state index contributed by atoms with van der Waals surface area (Å²) in [5.41, 5.74) is 1.16. The van der Waals surface area contributed by atoms with Crippen molar-refractivity contribution >= 4 is 10.0 Å². The third-order valence-electron chi connectivity index (χ3n) is 2.78. The zero-order chi connectivity index (χ0) is 14.8. The third kappa shape index (κ3) is 3.55. The molecule has 20 heavy (non-hydrogen) atoms. The van der Waals surface area contributed by atoms with Crippen LogP contribution in [0.1, 0.15) is 25.3 Å². The summed E-state index contributed by atoms with van der Waals surface area (Å²) < 4.78 is 27.8. The Morgan fingerprint density at radius 2 is 1.95 bits per heavy atom. The molecule has 2 aromatic rings. The van der Waals surface area contributed by atoms with E-state index in [0.717, 1.165) is 5.56 Å². The number of hydrogen-bond donors (Lipinski definition) is 1. The van der Waals surface area contributed by atoms with Crippen molar-refractivity contribution in [2.75, 3.05) is 0 Å². The quantitative estimate of drug-likeness (QED) is 0.939. The molecule has 5 nitrogen and oxygen atoms in total. The van der Waals surface area contributed by atoms with Crippen molar-refractivity contribution in [1.82, 2.24) is 4.98 Å². The molecule has 2 rings (SSSR count). The molecule has 1 heterocycles. The van der Waals surface area contributed by atoms with E-state index >= 15 is 0 Å². The average Bonchev–Trinajstić information content (AvgIpc) is 2.38. The first-order chi connectivity index (χ1) is 9.36. The summed E-state index contributed by atoms with van der Waals surface area (Å²) in [4.78, 5) is 3.89. The smallest absolute Gasteiger partial charge is 0.239 e. The molecule has 0 aliphatic carbocycles. The molecule has 0 aliphatic rings. The first kappa shape index (κ1) is 14.5. The van der Waals surface area contributed by atoms with Crippen molar-refractivity contribution in [2.24, 2.45) is 5.14 Å². The molecule has 0 saturated carbocycles. The maximum atomic E-state index is 11.1. The minimum absolute atomic E-state index is 0.0409. The predicted molar refractivity (Wildman–Crippen MR) is 76.2 cm³/mol. The van der Waals surface area contributed by atoms with Gasteiger partial charge in [-0.3, -0.25) is 0 Å². The van der Waals surface area contributed by atoms with Crippen LogP contribution in [-0.2, 0) is 10.0 Å². The second-order valence-corrected chi connectivity index (χ2v) is 6.27. The van der Waals surface area contributed by atoms with Gasteiger partial charge in [-0.1, -0.05) is 26.0 Å². The van der Waals surface area contributed by atoms with Gasteiger partial charge >= 0.3 is 0 Å². The van der Waals surface area contributed by atoms with Crippen LogP contribution in [0.15, 0.2) is 47.5 Å². The normalized spacial score (nSPS) is 11.6. The number of benzene rings is 1. The molecule has 0 spiro atoms. The topological polar surface area (TPSA) is 82.3 Å². The van der Waals surface area contributed by atoms with E-state index in [1.54, 1.807) is 0 Å². The standard InChI is InChI=1S/C14H16N2O3S/c1-10(2)11-4-3-5-12(8-11)19-14-7-6-13(9-16-14)20(15,17)18/h3-10H,1-2H3,(H2,15,17,18). The van der Waals surface area contributed by atoms with Crippen LogP contribution < -0.4 is 9.88 Å². The second kappa shape index (κ2) is 5.60. The van der Waals surface area contributed by atoms with Crippen molar-refractivity contribution in [2.45, 2.75) is 24.7 Å². The molecule has 2 N–H and O–H groups in total. The highest BCUT2D eigenvalue weighted by molar-refractivity contribution is 7.89. The molecule has 1 aromatic carbocycles. The number of ether oxygens (including phenoxy) is 1. The van der Waals surface area contributed by atoms with Crippen LogP contribution in [0.4, 0.5) is 0 Å². The van der Waals surface area contributed by atoms with Gasteiger partial charge < -0.3 is 4.74 Å². The summed E-state index contributed by atoms with van der Waals surface area (Å²) in [6.07, 6.45) is 1.18. The molecular weight excluding hydrogens is 276 g/mol. The van der Waals surface area contributed by atoms with Gasteiger partial charge in [0, 0.05) is 6.07 Å². The number of rotatable bonds is 4. The van der Waals surface area contributed by atoms with E-state index < -0.39 is 10.0 Å². The molecule has 0 saturated heterocycles. The Morgan fingerprint density at radius 3 is 2.50 bits per heavy atom. The van der Waals surface area contributed by atoms with Crippen LogP contribution >= 0.6 is 0 Å². The lowest BCUT2D eigenvalue weighted by molar-refractivity contribution is 0.461. The van der Waals surface area contributed by atoms with Crippen molar-refractivity contribution in [1.29, 1.82) is 0 Å². The lowest BCUT2D eigenvalue weighted by Gasteiger charge is -2.09. The zero-order valence-electron chi connectivity index (χ0n) is 11.3. The van der Waals surface area contributed by atoms with E-state index in [4.69, 9.17) is 9.88 Å². The van der Waals surface area contributed by atoms with Crippen molar-refractivity contribution in [3.8, 4) is 11.6 Å². The summed E-state index contributed by atoms with van der Waals surface area (Å²) in [5, 5.41) is 5.00. The lowest BCUT2D eigenvalue weighted by atomic mass is 10.0. The van der Waals surface area contributed by atoms with Gasteiger partial charge in [0.1, 0.15) is 10.6 Å². The predicted octanol–water partition coefficient (Wildman–Crippen LogP) is 2.64. The Labute approximate surface area is 118 Å². The molecule has 0 aliphatic heterocycles. The van der Waals surface area contributed by atoms with E-state index in [9.17, 15) is 8.42 Å². The van der Waals surface area contributed by atoms with Crippen molar-refractivity contribution < 1.29 is 13.2 Å². The minimum Gasteiger partial charge on any atom is -0.439 e. The third-order valence-corrected chi connectivity index (χ3v) is 3.68. The molecular formula is C14H16N2O3S. The lowest BCUT2D eigenvalue weighted by Crippen LogP contribution is -2.12. The van der Waals surface area contributed by atoms with Crippen LogP contribution in [0.25, 0.3) is 0 Å². The highest BCUT2D eigenvalue weighted by atomic mass is 32.2. The van der Waals surface area contributed by atoms with E-state index in [0.29, 0.717) is 17.5 Å². The molecule has 0 amide bonds. The van der Waals surface area contributed by atoms with Gasteiger partial charge in [0.25, 0.3) is 0 Å². The monoisotopic (exact) mass is 292 g/mol. The zero-order valence-corrected chi connectivity index (χ0v) is 12.1. The summed E-state index contributed by atoms with van der Waals surface area (Å²) in [5.74, 6) is 1.38. The number of pyridine rings is 1. The molecule has 0 radical (unpaired) electrons. The fourth-order valence-corrected chi connectivity index (χ4v) is 2.11. The first-order valence-electron chi connectivity index (χ1n) is 6.13. The largest absolute Gasteiger partial charge is 0.439 e. The summed E-state index contributed by atoms with van der Waals surface area (Å²) in [6.45, 7) is 4.19. The Balaban J connectivity index is 2.20. The van der Waals surface area contributed by atoms with Gasteiger partial charge in [0.15, 0.2) is 0 Å². The fraction of sp³-hybridized carbons (Fsp3) is 0.214. The van der Waals surface area contributed by atoms with E-state index in [-0.39, 0.29) is 4.90 Å². The van der Waals surface area contributed by atoms with Crippen LogP contribution in [0.2, 0.25) is 0 Å².